The zero-order chi connectivity index (χ0) is 13.2. The van der Waals surface area contributed by atoms with Crippen LogP contribution in [0.15, 0.2) is 12.3 Å². The van der Waals surface area contributed by atoms with Gasteiger partial charge in [0.1, 0.15) is 11.6 Å². The predicted molar refractivity (Wildman–Crippen MR) is 59.7 cm³/mol. The first-order valence-corrected chi connectivity index (χ1v) is 5.22. The number of carbonyl (C=O) groups excluding carboxylic acids is 1. The predicted octanol–water partition coefficient (Wildman–Crippen LogP) is 1.48. The summed E-state index contributed by atoms with van der Waals surface area (Å²) in [4.78, 5) is 22.4. The first kappa shape index (κ1) is 13.2. The molecule has 0 aliphatic rings. The van der Waals surface area contributed by atoms with Gasteiger partial charge in [-0.1, -0.05) is 0 Å². The highest BCUT2D eigenvalue weighted by molar-refractivity contribution is 5.87. The molecule has 17 heavy (non-hydrogen) atoms. The van der Waals surface area contributed by atoms with Crippen molar-refractivity contribution in [1.82, 2.24) is 9.78 Å². The number of esters is 1. The van der Waals surface area contributed by atoms with E-state index in [4.69, 9.17) is 9.84 Å². The zero-order valence-electron chi connectivity index (χ0n) is 10.3. The van der Waals surface area contributed by atoms with Crippen LogP contribution < -0.4 is 0 Å². The quantitative estimate of drug-likeness (QED) is 0.809. The maximum atomic E-state index is 11.6. The van der Waals surface area contributed by atoms with E-state index in [1.165, 1.54) is 23.9 Å². The minimum atomic E-state index is -1.01. The first-order valence-electron chi connectivity index (χ1n) is 5.22. The maximum absolute atomic E-state index is 11.6. The van der Waals surface area contributed by atoms with E-state index in [2.05, 4.69) is 5.10 Å². The van der Waals surface area contributed by atoms with Gasteiger partial charge in [-0.25, -0.2) is 9.59 Å². The Kier molecular flexibility index (Phi) is 3.55. The van der Waals surface area contributed by atoms with Gasteiger partial charge in [0.2, 0.25) is 0 Å². The SMILES string of the molecule is C[C@@H](C(=O)O)n1ccc(C(=O)OC(C)(C)C)n1. The third-order valence-electron chi connectivity index (χ3n) is 1.97. The van der Waals surface area contributed by atoms with Crippen molar-refractivity contribution in [2.75, 3.05) is 0 Å². The van der Waals surface area contributed by atoms with Crippen molar-refractivity contribution < 1.29 is 19.4 Å². The molecule has 1 aromatic heterocycles. The number of carboxylic acids is 1. The van der Waals surface area contributed by atoms with E-state index in [1.54, 1.807) is 20.8 Å². The molecular formula is C11H16N2O4. The molecule has 0 fully saturated rings. The first-order chi connectivity index (χ1) is 7.70. The lowest BCUT2D eigenvalue weighted by atomic mass is 10.2. The van der Waals surface area contributed by atoms with Crippen molar-refractivity contribution >= 4 is 11.9 Å². The Hall–Kier alpha value is -1.85. The fourth-order valence-electron chi connectivity index (χ4n) is 1.11. The summed E-state index contributed by atoms with van der Waals surface area (Å²) in [5.74, 6) is -1.57. The van der Waals surface area contributed by atoms with Gasteiger partial charge < -0.3 is 9.84 Å². The third kappa shape index (κ3) is 3.58. The van der Waals surface area contributed by atoms with E-state index in [0.717, 1.165) is 0 Å². The summed E-state index contributed by atoms with van der Waals surface area (Å²) in [6, 6.07) is 0.624. The van der Waals surface area contributed by atoms with Crippen LogP contribution in [-0.2, 0) is 9.53 Å². The second-order valence-electron chi connectivity index (χ2n) is 4.70. The Bertz CT molecular complexity index is 431. The molecule has 0 radical (unpaired) electrons. The van der Waals surface area contributed by atoms with Gasteiger partial charge in [0.15, 0.2) is 5.69 Å². The Morgan fingerprint density at radius 2 is 2.06 bits per heavy atom. The molecule has 0 saturated heterocycles. The summed E-state index contributed by atoms with van der Waals surface area (Å²) in [6.45, 7) is 6.74. The highest BCUT2D eigenvalue weighted by Crippen LogP contribution is 2.12. The summed E-state index contributed by atoms with van der Waals surface area (Å²) in [7, 11) is 0. The smallest absolute Gasteiger partial charge is 0.359 e. The Labute approximate surface area is 99.2 Å². The van der Waals surface area contributed by atoms with Crippen molar-refractivity contribution in [3.63, 3.8) is 0 Å². The van der Waals surface area contributed by atoms with Gasteiger partial charge in [0.05, 0.1) is 0 Å². The van der Waals surface area contributed by atoms with E-state index in [0.29, 0.717) is 0 Å². The van der Waals surface area contributed by atoms with Crippen LogP contribution in [0.25, 0.3) is 0 Å². The number of ether oxygens (including phenoxy) is 1. The van der Waals surface area contributed by atoms with E-state index in [1.807, 2.05) is 0 Å². The lowest BCUT2D eigenvalue weighted by molar-refractivity contribution is -0.140. The fraction of sp³-hybridized carbons (Fsp3) is 0.545. The van der Waals surface area contributed by atoms with Gasteiger partial charge in [-0.15, -0.1) is 0 Å². The molecule has 0 bridgehead atoms. The largest absolute Gasteiger partial charge is 0.480 e. The summed E-state index contributed by atoms with van der Waals surface area (Å²) < 4.78 is 6.33. The summed E-state index contributed by atoms with van der Waals surface area (Å²) in [6.07, 6.45) is 1.44. The Morgan fingerprint density at radius 1 is 1.47 bits per heavy atom. The van der Waals surface area contributed by atoms with Crippen molar-refractivity contribution in [3.8, 4) is 0 Å². The maximum Gasteiger partial charge on any atom is 0.359 e. The monoisotopic (exact) mass is 240 g/mol. The molecule has 0 aliphatic carbocycles. The molecule has 1 atom stereocenters. The molecule has 0 saturated carbocycles. The number of aliphatic carboxylic acids is 1. The number of carboxylic acid groups (broad SMARTS) is 1. The van der Waals surface area contributed by atoms with Gasteiger partial charge in [0, 0.05) is 6.20 Å². The number of hydrogen-bond donors (Lipinski definition) is 1. The van der Waals surface area contributed by atoms with Gasteiger partial charge in [-0.3, -0.25) is 4.68 Å². The van der Waals surface area contributed by atoms with Crippen LogP contribution in [0.1, 0.15) is 44.2 Å². The minimum Gasteiger partial charge on any atom is -0.480 e. The standard InChI is InChI=1S/C11H16N2O4/c1-7(9(14)15)13-6-5-8(12-13)10(16)17-11(2,3)4/h5-7H,1-4H3,(H,14,15)/t7-/m0/s1. The molecule has 94 valence electrons. The molecule has 1 heterocycles. The van der Waals surface area contributed by atoms with Crippen LogP contribution in [0.2, 0.25) is 0 Å². The van der Waals surface area contributed by atoms with Crippen molar-refractivity contribution in [2.45, 2.75) is 39.3 Å². The van der Waals surface area contributed by atoms with E-state index >= 15 is 0 Å². The third-order valence-corrected chi connectivity index (χ3v) is 1.97. The topological polar surface area (TPSA) is 81.4 Å². The van der Waals surface area contributed by atoms with E-state index in [9.17, 15) is 9.59 Å². The molecule has 1 N–H and O–H groups in total. The van der Waals surface area contributed by atoms with Crippen LogP contribution in [0.4, 0.5) is 0 Å². The molecule has 0 aliphatic heterocycles. The average Bonchev–Trinajstić information content (AvgIpc) is 2.62. The number of nitrogens with zero attached hydrogens (tertiary/aromatic N) is 2. The molecule has 0 aromatic carbocycles. The summed E-state index contributed by atoms with van der Waals surface area (Å²) in [5.41, 5.74) is -0.493. The Balaban J connectivity index is 2.81. The molecule has 0 spiro atoms. The lowest BCUT2D eigenvalue weighted by Crippen LogP contribution is -2.24. The summed E-state index contributed by atoms with van der Waals surface area (Å²) in [5, 5.41) is 12.7. The number of carbonyl (C=O) groups is 2. The second kappa shape index (κ2) is 4.57. The highest BCUT2D eigenvalue weighted by atomic mass is 16.6. The molecule has 6 heteroatoms. The van der Waals surface area contributed by atoms with Gasteiger partial charge >= 0.3 is 11.9 Å². The molecule has 1 rings (SSSR count). The van der Waals surface area contributed by atoms with E-state index < -0.39 is 23.6 Å². The summed E-state index contributed by atoms with van der Waals surface area (Å²) >= 11 is 0. The molecule has 1 aromatic rings. The van der Waals surface area contributed by atoms with E-state index in [-0.39, 0.29) is 5.69 Å². The van der Waals surface area contributed by atoms with Gasteiger partial charge in [-0.2, -0.15) is 5.10 Å². The van der Waals surface area contributed by atoms with Crippen molar-refractivity contribution in [1.29, 1.82) is 0 Å². The Morgan fingerprint density at radius 3 is 2.53 bits per heavy atom. The molecular weight excluding hydrogens is 224 g/mol. The normalized spacial score (nSPS) is 13.2. The van der Waals surface area contributed by atoms with Gasteiger partial charge in [-0.05, 0) is 33.8 Å². The molecule has 0 unspecified atom stereocenters. The second-order valence-corrected chi connectivity index (χ2v) is 4.70. The van der Waals surface area contributed by atoms with Crippen LogP contribution in [0, 0.1) is 0 Å². The molecule has 6 nitrogen and oxygen atoms in total. The lowest BCUT2D eigenvalue weighted by Gasteiger charge is -2.18. The highest BCUT2D eigenvalue weighted by Gasteiger charge is 2.21. The zero-order valence-corrected chi connectivity index (χ0v) is 10.3. The van der Waals surface area contributed by atoms with Gasteiger partial charge in [0.25, 0.3) is 0 Å². The number of aromatic nitrogens is 2. The van der Waals surface area contributed by atoms with Crippen molar-refractivity contribution in [2.24, 2.45) is 0 Å². The number of rotatable bonds is 3. The van der Waals surface area contributed by atoms with Crippen LogP contribution in [0.3, 0.4) is 0 Å². The van der Waals surface area contributed by atoms with Crippen LogP contribution in [-0.4, -0.2) is 32.4 Å². The minimum absolute atomic E-state index is 0.105. The average molecular weight is 240 g/mol. The van der Waals surface area contributed by atoms with Crippen LogP contribution >= 0.6 is 0 Å². The molecule has 0 amide bonds. The van der Waals surface area contributed by atoms with Crippen LogP contribution in [0.5, 0.6) is 0 Å². The van der Waals surface area contributed by atoms with Crippen molar-refractivity contribution in [3.05, 3.63) is 18.0 Å². The fourth-order valence-corrected chi connectivity index (χ4v) is 1.11. The number of hydrogen-bond acceptors (Lipinski definition) is 4.